The summed E-state index contributed by atoms with van der Waals surface area (Å²) in [6, 6.07) is 8.65. The van der Waals surface area contributed by atoms with Gasteiger partial charge in [-0.05, 0) is 0 Å². The van der Waals surface area contributed by atoms with Crippen LogP contribution in [-0.2, 0) is 14.3 Å². The molecule has 0 atom stereocenters. The zero-order valence-electron chi connectivity index (χ0n) is 16.2. The van der Waals surface area contributed by atoms with Crippen LogP contribution in [0.3, 0.4) is 0 Å². The third-order valence-corrected chi connectivity index (χ3v) is 4.56. The number of fused-ring (bicyclic) bond motifs is 1. The van der Waals surface area contributed by atoms with Crippen LogP contribution < -0.4 is 5.32 Å². The number of aromatic nitrogens is 3. The lowest BCUT2D eigenvalue weighted by Crippen LogP contribution is -2.33. The van der Waals surface area contributed by atoms with Crippen molar-refractivity contribution < 1.29 is 27.4 Å². The average Bonchev–Trinajstić information content (AvgIpc) is 3.05. The summed E-state index contributed by atoms with van der Waals surface area (Å²) in [5.41, 5.74) is 1.30. The van der Waals surface area contributed by atoms with Gasteiger partial charge in [-0.15, -0.1) is 0 Å². The minimum Gasteiger partial charge on any atom is -0.348 e. The van der Waals surface area contributed by atoms with E-state index in [-0.39, 0.29) is 22.7 Å². The Kier molecular flexibility index (Phi) is 4.99. The standard InChI is InChI=1S/C20H19F3N4O3/c1-19(2)10-29-16(30-11-19)13-8-24-18-26-15(25-17(28)20(21,22)23)14(27(18)9-13)12-6-4-3-5-7-12/h3-9,16H,10-11H2,1-2H3,(H,25,28). The molecule has 0 spiro atoms. The van der Waals surface area contributed by atoms with E-state index in [1.807, 2.05) is 19.2 Å². The number of imidazole rings is 1. The quantitative estimate of drug-likeness (QED) is 0.694. The van der Waals surface area contributed by atoms with Crippen molar-refractivity contribution in [3.8, 4) is 11.3 Å². The molecule has 0 saturated carbocycles. The second-order valence-electron chi connectivity index (χ2n) is 7.80. The van der Waals surface area contributed by atoms with Gasteiger partial charge < -0.3 is 14.8 Å². The molecule has 1 saturated heterocycles. The number of benzene rings is 1. The first-order valence-corrected chi connectivity index (χ1v) is 9.19. The Balaban J connectivity index is 1.78. The Bertz CT molecular complexity index is 1070. The van der Waals surface area contributed by atoms with Gasteiger partial charge >= 0.3 is 12.1 Å². The van der Waals surface area contributed by atoms with Crippen molar-refractivity contribution >= 4 is 17.5 Å². The second-order valence-corrected chi connectivity index (χ2v) is 7.80. The van der Waals surface area contributed by atoms with Crippen molar-refractivity contribution in [3.63, 3.8) is 0 Å². The van der Waals surface area contributed by atoms with Gasteiger partial charge in [-0.25, -0.2) is 4.98 Å². The fraction of sp³-hybridized carbons (Fsp3) is 0.350. The molecule has 0 unspecified atom stereocenters. The highest BCUT2D eigenvalue weighted by Crippen LogP contribution is 2.33. The lowest BCUT2D eigenvalue weighted by Gasteiger charge is -2.34. The van der Waals surface area contributed by atoms with E-state index < -0.39 is 18.4 Å². The van der Waals surface area contributed by atoms with Crippen LogP contribution >= 0.6 is 0 Å². The number of ether oxygens (including phenoxy) is 2. The van der Waals surface area contributed by atoms with Gasteiger partial charge in [0.2, 0.25) is 5.78 Å². The van der Waals surface area contributed by atoms with Crippen molar-refractivity contribution in [1.82, 2.24) is 14.4 Å². The Morgan fingerprint density at radius 2 is 1.87 bits per heavy atom. The molecule has 2 aromatic heterocycles. The fourth-order valence-corrected chi connectivity index (χ4v) is 3.09. The van der Waals surface area contributed by atoms with Crippen molar-refractivity contribution in [2.75, 3.05) is 18.5 Å². The van der Waals surface area contributed by atoms with Gasteiger partial charge in [0.1, 0.15) is 0 Å². The van der Waals surface area contributed by atoms with Crippen LogP contribution in [0.25, 0.3) is 17.0 Å². The van der Waals surface area contributed by atoms with E-state index in [9.17, 15) is 18.0 Å². The van der Waals surface area contributed by atoms with Gasteiger partial charge in [0.25, 0.3) is 0 Å². The van der Waals surface area contributed by atoms with E-state index in [2.05, 4.69) is 9.97 Å². The molecule has 0 radical (unpaired) electrons. The summed E-state index contributed by atoms with van der Waals surface area (Å²) in [5, 5.41) is 1.85. The summed E-state index contributed by atoms with van der Waals surface area (Å²) >= 11 is 0. The van der Waals surface area contributed by atoms with Gasteiger partial charge in [0, 0.05) is 28.9 Å². The van der Waals surface area contributed by atoms with Gasteiger partial charge in [0.05, 0.1) is 18.9 Å². The first kappa shape index (κ1) is 20.3. The molecule has 1 fully saturated rings. The molecule has 1 N–H and O–H groups in total. The lowest BCUT2D eigenvalue weighted by atomic mass is 9.95. The van der Waals surface area contributed by atoms with E-state index in [4.69, 9.17) is 9.47 Å². The van der Waals surface area contributed by atoms with Gasteiger partial charge in [-0.2, -0.15) is 18.2 Å². The zero-order valence-corrected chi connectivity index (χ0v) is 16.2. The van der Waals surface area contributed by atoms with Crippen molar-refractivity contribution in [3.05, 3.63) is 48.3 Å². The number of rotatable bonds is 3. The molecule has 4 rings (SSSR count). The molecular weight excluding hydrogens is 401 g/mol. The van der Waals surface area contributed by atoms with Gasteiger partial charge in [-0.1, -0.05) is 44.2 Å². The van der Waals surface area contributed by atoms with E-state index >= 15 is 0 Å². The number of alkyl halides is 3. The van der Waals surface area contributed by atoms with Crippen LogP contribution in [0.1, 0.15) is 25.7 Å². The number of carbonyl (C=O) groups is 1. The number of hydrogen-bond acceptors (Lipinski definition) is 5. The molecule has 1 aromatic carbocycles. The highest BCUT2D eigenvalue weighted by Gasteiger charge is 2.40. The number of amides is 1. The largest absolute Gasteiger partial charge is 0.471 e. The summed E-state index contributed by atoms with van der Waals surface area (Å²) in [5.74, 6) is -2.21. The molecule has 0 aliphatic carbocycles. The molecule has 0 bridgehead atoms. The maximum absolute atomic E-state index is 12.8. The van der Waals surface area contributed by atoms with Crippen LogP contribution in [0.4, 0.5) is 19.0 Å². The van der Waals surface area contributed by atoms with Gasteiger partial charge in [0.15, 0.2) is 12.1 Å². The molecular formula is C20H19F3N4O3. The Labute approximate surface area is 169 Å². The highest BCUT2D eigenvalue weighted by molar-refractivity contribution is 5.97. The van der Waals surface area contributed by atoms with Crippen LogP contribution in [0.15, 0.2) is 42.7 Å². The third kappa shape index (κ3) is 4.01. The first-order chi connectivity index (χ1) is 14.1. The lowest BCUT2D eigenvalue weighted by molar-refractivity contribution is -0.226. The van der Waals surface area contributed by atoms with E-state index in [0.29, 0.717) is 24.3 Å². The number of nitrogens with one attached hydrogen (secondary N) is 1. The number of nitrogens with zero attached hydrogens (tertiary/aromatic N) is 3. The zero-order chi connectivity index (χ0) is 21.5. The number of hydrogen-bond donors (Lipinski definition) is 1. The molecule has 30 heavy (non-hydrogen) atoms. The Hall–Kier alpha value is -2.98. The summed E-state index contributed by atoms with van der Waals surface area (Å²) < 4.78 is 51.5. The highest BCUT2D eigenvalue weighted by atomic mass is 19.4. The Morgan fingerprint density at radius 1 is 1.20 bits per heavy atom. The van der Waals surface area contributed by atoms with Crippen LogP contribution in [-0.4, -0.2) is 39.7 Å². The predicted octanol–water partition coefficient (Wildman–Crippen LogP) is 3.97. The van der Waals surface area contributed by atoms with Crippen molar-refractivity contribution in [2.24, 2.45) is 5.41 Å². The summed E-state index contributed by atoms with van der Waals surface area (Å²) in [6.45, 7) is 5.00. The van der Waals surface area contributed by atoms with Crippen molar-refractivity contribution in [1.29, 1.82) is 0 Å². The molecule has 7 nitrogen and oxygen atoms in total. The monoisotopic (exact) mass is 420 g/mol. The van der Waals surface area contributed by atoms with E-state index in [1.165, 1.54) is 10.6 Å². The average molecular weight is 420 g/mol. The van der Waals surface area contributed by atoms with E-state index in [0.717, 1.165) is 0 Å². The first-order valence-electron chi connectivity index (χ1n) is 9.19. The number of carbonyl (C=O) groups excluding carboxylic acids is 1. The molecule has 1 amide bonds. The molecule has 1 aliphatic heterocycles. The summed E-state index contributed by atoms with van der Waals surface area (Å²) in [6.07, 6.45) is -2.56. The van der Waals surface area contributed by atoms with Crippen molar-refractivity contribution in [2.45, 2.75) is 26.3 Å². The van der Waals surface area contributed by atoms with E-state index in [1.54, 1.807) is 36.5 Å². The second kappa shape index (κ2) is 7.37. The molecule has 10 heteroatoms. The summed E-state index contributed by atoms with van der Waals surface area (Å²) in [4.78, 5) is 19.8. The third-order valence-electron chi connectivity index (χ3n) is 4.56. The predicted molar refractivity (Wildman–Crippen MR) is 102 cm³/mol. The molecule has 1 aliphatic rings. The maximum Gasteiger partial charge on any atom is 0.471 e. The maximum atomic E-state index is 12.8. The molecule has 3 aromatic rings. The van der Waals surface area contributed by atoms with Gasteiger partial charge in [-0.3, -0.25) is 9.20 Å². The van der Waals surface area contributed by atoms with Crippen LogP contribution in [0, 0.1) is 5.41 Å². The molecule has 158 valence electrons. The topological polar surface area (TPSA) is 77.8 Å². The fourth-order valence-electron chi connectivity index (χ4n) is 3.09. The Morgan fingerprint density at radius 3 is 2.50 bits per heavy atom. The summed E-state index contributed by atoms with van der Waals surface area (Å²) in [7, 11) is 0. The number of anilines is 1. The van der Waals surface area contributed by atoms with Crippen LogP contribution in [0.5, 0.6) is 0 Å². The SMILES string of the molecule is CC1(C)COC(c2cnc3nc(NC(=O)C(F)(F)F)c(-c4ccccc4)n3c2)OC1. The molecule has 3 heterocycles. The minimum absolute atomic E-state index is 0.118. The smallest absolute Gasteiger partial charge is 0.348 e. The van der Waals surface area contributed by atoms with Crippen LogP contribution in [0.2, 0.25) is 0 Å². The minimum atomic E-state index is -5.04. The normalized spacial score (nSPS) is 17.2. The number of halogens is 3.